The van der Waals surface area contributed by atoms with Gasteiger partial charge in [0.05, 0.1) is 10.8 Å². The molecule has 2 aromatic carbocycles. The summed E-state index contributed by atoms with van der Waals surface area (Å²) in [6.07, 6.45) is -0.237. The van der Waals surface area contributed by atoms with Gasteiger partial charge >= 0.3 is 5.97 Å². The zero-order valence-corrected chi connectivity index (χ0v) is 20.7. The fourth-order valence-electron chi connectivity index (χ4n) is 4.31. The first kappa shape index (κ1) is 24.9. The fraction of sp³-hybridized carbons (Fsp3) is 0.440. The van der Waals surface area contributed by atoms with E-state index in [-0.39, 0.29) is 13.1 Å². The Kier molecular flexibility index (Phi) is 7.59. The van der Waals surface area contributed by atoms with Crippen LogP contribution in [-0.4, -0.2) is 43.8 Å². The summed E-state index contributed by atoms with van der Waals surface area (Å²) in [5, 5.41) is 2.77. The normalized spacial score (nSPS) is 16.3. The molecule has 8 heteroatoms. The minimum absolute atomic E-state index is 0.235. The van der Waals surface area contributed by atoms with Crippen molar-refractivity contribution in [2.24, 2.45) is 5.92 Å². The molecule has 7 nitrogen and oxygen atoms in total. The average molecular weight is 473 g/mol. The third-order valence-corrected chi connectivity index (χ3v) is 8.26. The lowest BCUT2D eigenvalue weighted by molar-refractivity contribution is -0.158. The van der Waals surface area contributed by atoms with Gasteiger partial charge in [0, 0.05) is 18.8 Å². The minimum Gasteiger partial charge on any atom is -0.452 e. The van der Waals surface area contributed by atoms with Crippen LogP contribution < -0.4 is 5.32 Å². The van der Waals surface area contributed by atoms with E-state index in [2.05, 4.69) is 5.32 Å². The van der Waals surface area contributed by atoms with Crippen molar-refractivity contribution < 1.29 is 22.7 Å². The molecule has 0 aromatic heterocycles. The van der Waals surface area contributed by atoms with Gasteiger partial charge in [0.15, 0.2) is 6.10 Å². The van der Waals surface area contributed by atoms with E-state index in [1.165, 1.54) is 11.2 Å². The predicted octanol–water partition coefficient (Wildman–Crippen LogP) is 3.89. The molecule has 178 valence electrons. The maximum absolute atomic E-state index is 13.2. The molecule has 33 heavy (non-hydrogen) atoms. The minimum atomic E-state index is -3.65. The van der Waals surface area contributed by atoms with E-state index in [1.807, 2.05) is 44.2 Å². The van der Waals surface area contributed by atoms with Gasteiger partial charge in [-0.2, -0.15) is 4.31 Å². The van der Waals surface area contributed by atoms with Crippen molar-refractivity contribution >= 4 is 27.6 Å². The summed E-state index contributed by atoms with van der Waals surface area (Å²) in [7, 11) is -3.65. The van der Waals surface area contributed by atoms with Crippen molar-refractivity contribution in [2.75, 3.05) is 18.4 Å². The van der Waals surface area contributed by atoms with Crippen LogP contribution in [0.3, 0.4) is 0 Å². The largest absolute Gasteiger partial charge is 0.452 e. The summed E-state index contributed by atoms with van der Waals surface area (Å²) >= 11 is 0. The van der Waals surface area contributed by atoms with E-state index in [1.54, 1.807) is 19.9 Å². The Morgan fingerprint density at radius 3 is 2.15 bits per heavy atom. The Morgan fingerprint density at radius 2 is 1.58 bits per heavy atom. The van der Waals surface area contributed by atoms with Crippen molar-refractivity contribution in [2.45, 2.75) is 58.5 Å². The summed E-state index contributed by atoms with van der Waals surface area (Å²) in [6, 6.07) is 11.1. The number of anilines is 1. The maximum atomic E-state index is 13.2. The molecule has 0 bridgehead atoms. The molecular formula is C25H32N2O5S. The molecule has 1 saturated heterocycles. The highest BCUT2D eigenvalue weighted by atomic mass is 32.2. The number of esters is 1. The van der Waals surface area contributed by atoms with Crippen LogP contribution in [0.4, 0.5) is 5.69 Å². The molecule has 1 aliphatic heterocycles. The summed E-state index contributed by atoms with van der Waals surface area (Å²) < 4.78 is 33.3. The highest BCUT2D eigenvalue weighted by molar-refractivity contribution is 7.89. The second kappa shape index (κ2) is 10.1. The molecule has 1 unspecified atom stereocenters. The van der Waals surface area contributed by atoms with Gasteiger partial charge in [0.25, 0.3) is 5.91 Å². The van der Waals surface area contributed by atoms with Gasteiger partial charge in [0.1, 0.15) is 0 Å². The van der Waals surface area contributed by atoms with E-state index in [9.17, 15) is 18.0 Å². The Morgan fingerprint density at radius 1 is 1.00 bits per heavy atom. The number of para-hydroxylation sites is 1. The Labute approximate surface area is 196 Å². The average Bonchev–Trinajstić information content (AvgIpc) is 2.74. The SMILES string of the molecule is Cc1cc(C)c(S(=O)(=O)N2CCC(C(=O)OC(C)C(=O)Nc3ccccc3C)CC2)c(C)c1. The molecular weight excluding hydrogens is 440 g/mol. The predicted molar refractivity (Wildman–Crippen MR) is 127 cm³/mol. The molecule has 0 aliphatic carbocycles. The topological polar surface area (TPSA) is 92.8 Å². The number of piperidine rings is 1. The van der Waals surface area contributed by atoms with Crippen molar-refractivity contribution in [3.05, 3.63) is 58.7 Å². The first-order valence-corrected chi connectivity index (χ1v) is 12.6. The molecule has 0 saturated carbocycles. The second-order valence-electron chi connectivity index (χ2n) is 8.79. The second-order valence-corrected chi connectivity index (χ2v) is 10.7. The van der Waals surface area contributed by atoms with Crippen LogP contribution in [0.1, 0.15) is 42.0 Å². The smallest absolute Gasteiger partial charge is 0.309 e. The van der Waals surface area contributed by atoms with Crippen LogP contribution in [0.5, 0.6) is 0 Å². The van der Waals surface area contributed by atoms with E-state index in [0.29, 0.717) is 23.4 Å². The van der Waals surface area contributed by atoms with Gasteiger partial charge < -0.3 is 10.1 Å². The van der Waals surface area contributed by atoms with Gasteiger partial charge in [-0.3, -0.25) is 9.59 Å². The Balaban J connectivity index is 1.59. The summed E-state index contributed by atoms with van der Waals surface area (Å²) in [6.45, 7) is 9.44. The molecule has 1 amide bonds. The van der Waals surface area contributed by atoms with E-state index >= 15 is 0 Å². The van der Waals surface area contributed by atoms with Crippen LogP contribution >= 0.6 is 0 Å². The van der Waals surface area contributed by atoms with Gasteiger partial charge in [0.2, 0.25) is 10.0 Å². The zero-order chi connectivity index (χ0) is 24.3. The number of amides is 1. The number of nitrogens with one attached hydrogen (secondary N) is 1. The van der Waals surface area contributed by atoms with Crippen molar-refractivity contribution in [1.82, 2.24) is 4.31 Å². The van der Waals surface area contributed by atoms with Gasteiger partial charge in [-0.1, -0.05) is 35.9 Å². The van der Waals surface area contributed by atoms with Crippen molar-refractivity contribution in [3.8, 4) is 0 Å². The van der Waals surface area contributed by atoms with Crippen LogP contribution in [0, 0.1) is 33.6 Å². The number of carbonyl (C=O) groups excluding carboxylic acids is 2. The maximum Gasteiger partial charge on any atom is 0.309 e. The molecule has 2 aromatic rings. The van der Waals surface area contributed by atoms with Crippen LogP contribution in [-0.2, 0) is 24.3 Å². The molecule has 1 fully saturated rings. The number of sulfonamides is 1. The first-order valence-electron chi connectivity index (χ1n) is 11.2. The highest BCUT2D eigenvalue weighted by Gasteiger charge is 2.35. The highest BCUT2D eigenvalue weighted by Crippen LogP contribution is 2.29. The van der Waals surface area contributed by atoms with Crippen LogP contribution in [0.2, 0.25) is 0 Å². The van der Waals surface area contributed by atoms with Crippen LogP contribution in [0.15, 0.2) is 41.3 Å². The monoisotopic (exact) mass is 472 g/mol. The first-order chi connectivity index (χ1) is 15.5. The van der Waals surface area contributed by atoms with Crippen molar-refractivity contribution in [3.63, 3.8) is 0 Å². The number of benzene rings is 2. The number of aryl methyl sites for hydroxylation is 4. The summed E-state index contributed by atoms with van der Waals surface area (Å²) in [5.41, 5.74) is 4.05. The van der Waals surface area contributed by atoms with E-state index in [0.717, 1.165) is 22.3 Å². The number of ether oxygens (including phenoxy) is 1. The lowest BCUT2D eigenvalue weighted by Gasteiger charge is -2.31. The zero-order valence-electron chi connectivity index (χ0n) is 19.8. The van der Waals surface area contributed by atoms with Gasteiger partial charge in [-0.15, -0.1) is 0 Å². The lowest BCUT2D eigenvalue weighted by Crippen LogP contribution is -2.42. The third-order valence-electron chi connectivity index (χ3n) is 6.05. The molecule has 1 N–H and O–H groups in total. The Hall–Kier alpha value is -2.71. The fourth-order valence-corrected chi connectivity index (χ4v) is 6.19. The standard InChI is InChI=1S/C25H32N2O5S/c1-16-14-18(3)23(19(4)15-16)33(30,31)27-12-10-21(11-13-27)25(29)32-20(5)24(28)26-22-9-7-6-8-17(22)2/h6-9,14-15,20-21H,10-13H2,1-5H3,(H,26,28). The molecule has 1 atom stereocenters. The number of hydrogen-bond donors (Lipinski definition) is 1. The molecule has 1 heterocycles. The van der Waals surface area contributed by atoms with Crippen LogP contribution in [0.25, 0.3) is 0 Å². The van der Waals surface area contributed by atoms with E-state index < -0.39 is 33.9 Å². The third kappa shape index (κ3) is 5.62. The number of hydrogen-bond acceptors (Lipinski definition) is 5. The summed E-state index contributed by atoms with van der Waals surface area (Å²) in [4.78, 5) is 25.4. The van der Waals surface area contributed by atoms with Crippen molar-refractivity contribution in [1.29, 1.82) is 0 Å². The molecule has 1 aliphatic rings. The number of nitrogens with zero attached hydrogens (tertiary/aromatic N) is 1. The lowest BCUT2D eigenvalue weighted by atomic mass is 9.98. The number of carbonyl (C=O) groups is 2. The summed E-state index contributed by atoms with van der Waals surface area (Å²) in [5.74, 6) is -1.31. The van der Waals surface area contributed by atoms with Gasteiger partial charge in [-0.25, -0.2) is 8.42 Å². The Bertz CT molecular complexity index is 1130. The number of rotatable bonds is 6. The molecule has 3 rings (SSSR count). The van der Waals surface area contributed by atoms with E-state index in [4.69, 9.17) is 4.74 Å². The molecule has 0 spiro atoms. The van der Waals surface area contributed by atoms with Gasteiger partial charge in [-0.05, 0) is 70.2 Å². The quantitative estimate of drug-likeness (QED) is 0.644. The molecule has 0 radical (unpaired) electrons.